The van der Waals surface area contributed by atoms with Crippen molar-refractivity contribution < 1.29 is 0 Å². The van der Waals surface area contributed by atoms with Crippen LogP contribution in [0.2, 0.25) is 0 Å². The van der Waals surface area contributed by atoms with Gasteiger partial charge in [0.15, 0.2) is 0 Å². The van der Waals surface area contributed by atoms with Crippen LogP contribution in [0.4, 0.5) is 0 Å². The van der Waals surface area contributed by atoms with Crippen LogP contribution in [-0.2, 0) is 19.4 Å². The van der Waals surface area contributed by atoms with Crippen molar-refractivity contribution in [1.29, 1.82) is 0 Å². The molecule has 1 unspecified atom stereocenters. The minimum absolute atomic E-state index is 0.459. The minimum atomic E-state index is 0.459. The number of benzene rings is 1. The first-order valence-electron chi connectivity index (χ1n) is 7.32. The number of rotatable bonds is 3. The topological polar surface area (TPSA) is 37.8 Å². The maximum Gasteiger partial charge on any atom is 0.132 e. The molecule has 1 heterocycles. The van der Waals surface area contributed by atoms with E-state index in [0.717, 1.165) is 43.0 Å². The van der Waals surface area contributed by atoms with Gasteiger partial charge in [0.25, 0.3) is 0 Å². The Morgan fingerprint density at radius 2 is 2.00 bits per heavy atom. The average molecular weight is 267 g/mol. The number of aryl methyl sites for hydroxylation is 2. The molecule has 0 amide bonds. The fourth-order valence-electron chi connectivity index (χ4n) is 3.03. The molecule has 0 saturated carbocycles. The first kappa shape index (κ1) is 13.3. The van der Waals surface area contributed by atoms with Gasteiger partial charge in [0, 0.05) is 18.2 Å². The van der Waals surface area contributed by atoms with E-state index in [9.17, 15) is 0 Å². The third-order valence-electron chi connectivity index (χ3n) is 3.99. The molecule has 104 valence electrons. The number of hydrogen-bond donors (Lipinski definition) is 1. The summed E-state index contributed by atoms with van der Waals surface area (Å²) in [6, 6.07) is 10.8. The van der Waals surface area contributed by atoms with Crippen LogP contribution >= 0.6 is 0 Å². The molecule has 0 aliphatic heterocycles. The molecule has 3 heteroatoms. The van der Waals surface area contributed by atoms with Gasteiger partial charge in [0.1, 0.15) is 5.82 Å². The van der Waals surface area contributed by atoms with Crippen molar-refractivity contribution in [3.05, 3.63) is 58.7 Å². The zero-order valence-electron chi connectivity index (χ0n) is 12.2. The first-order valence-corrected chi connectivity index (χ1v) is 7.32. The monoisotopic (exact) mass is 267 g/mol. The van der Waals surface area contributed by atoms with Crippen LogP contribution in [-0.4, -0.2) is 17.0 Å². The van der Waals surface area contributed by atoms with E-state index in [2.05, 4.69) is 47.6 Å². The lowest BCUT2D eigenvalue weighted by Gasteiger charge is -2.24. The molecule has 0 saturated heterocycles. The van der Waals surface area contributed by atoms with E-state index in [1.165, 1.54) is 11.1 Å². The number of nitrogens with one attached hydrogen (secondary N) is 1. The van der Waals surface area contributed by atoms with E-state index < -0.39 is 0 Å². The molecule has 1 N–H and O–H groups in total. The van der Waals surface area contributed by atoms with E-state index in [4.69, 9.17) is 4.98 Å². The predicted molar refractivity (Wildman–Crippen MR) is 80.7 cm³/mol. The summed E-state index contributed by atoms with van der Waals surface area (Å²) in [5, 5.41) is 3.17. The number of nitrogens with zero attached hydrogens (tertiary/aromatic N) is 2. The lowest BCUT2D eigenvalue weighted by molar-refractivity contribution is 0.549. The maximum absolute atomic E-state index is 4.75. The van der Waals surface area contributed by atoms with E-state index >= 15 is 0 Å². The first-order chi connectivity index (χ1) is 9.76. The molecule has 1 aliphatic carbocycles. The van der Waals surface area contributed by atoms with E-state index in [0.29, 0.717) is 5.92 Å². The Morgan fingerprint density at radius 3 is 2.80 bits per heavy atom. The van der Waals surface area contributed by atoms with Crippen LogP contribution in [0.5, 0.6) is 0 Å². The van der Waals surface area contributed by atoms with Crippen LogP contribution < -0.4 is 5.32 Å². The van der Waals surface area contributed by atoms with E-state index in [1.54, 1.807) is 0 Å². The highest BCUT2D eigenvalue weighted by molar-refractivity contribution is 5.31. The predicted octanol–water partition coefficient (Wildman–Crippen LogP) is 2.78. The SMILES string of the molecule is CNCc1cc(C)nc(C2CCc3ccccc3C2)n1. The quantitative estimate of drug-likeness (QED) is 0.929. The molecule has 0 radical (unpaired) electrons. The molecular formula is C17H21N3. The van der Waals surface area contributed by atoms with Gasteiger partial charge in [-0.15, -0.1) is 0 Å². The Morgan fingerprint density at radius 1 is 1.20 bits per heavy atom. The van der Waals surface area contributed by atoms with Crippen LogP contribution in [0, 0.1) is 6.92 Å². The van der Waals surface area contributed by atoms with Crippen LogP contribution in [0.15, 0.2) is 30.3 Å². The molecule has 1 aromatic heterocycles. The minimum Gasteiger partial charge on any atom is -0.314 e. The standard InChI is InChI=1S/C17H21N3/c1-12-9-16(11-18-2)20-17(19-12)15-8-7-13-5-3-4-6-14(13)10-15/h3-6,9,15,18H,7-8,10-11H2,1-2H3. The molecule has 1 aromatic carbocycles. The van der Waals surface area contributed by atoms with Gasteiger partial charge in [-0.2, -0.15) is 0 Å². The van der Waals surface area contributed by atoms with Crippen molar-refractivity contribution in [3.63, 3.8) is 0 Å². The smallest absolute Gasteiger partial charge is 0.132 e. The third kappa shape index (κ3) is 2.73. The normalized spacial score (nSPS) is 17.8. The average Bonchev–Trinajstić information content (AvgIpc) is 2.46. The Bertz CT molecular complexity index is 607. The number of aromatic nitrogens is 2. The number of hydrogen-bond acceptors (Lipinski definition) is 3. The summed E-state index contributed by atoms with van der Waals surface area (Å²) in [7, 11) is 1.95. The maximum atomic E-state index is 4.75. The summed E-state index contributed by atoms with van der Waals surface area (Å²) in [5.74, 6) is 1.48. The summed E-state index contributed by atoms with van der Waals surface area (Å²) in [4.78, 5) is 9.42. The van der Waals surface area contributed by atoms with Crippen LogP contribution in [0.25, 0.3) is 0 Å². The van der Waals surface area contributed by atoms with Gasteiger partial charge >= 0.3 is 0 Å². The molecule has 2 aromatic rings. The largest absolute Gasteiger partial charge is 0.314 e. The van der Waals surface area contributed by atoms with Gasteiger partial charge in [-0.25, -0.2) is 9.97 Å². The van der Waals surface area contributed by atoms with Crippen molar-refractivity contribution >= 4 is 0 Å². The molecule has 3 nitrogen and oxygen atoms in total. The van der Waals surface area contributed by atoms with Gasteiger partial charge in [-0.3, -0.25) is 0 Å². The third-order valence-corrected chi connectivity index (χ3v) is 3.99. The van der Waals surface area contributed by atoms with Crippen LogP contribution in [0.3, 0.4) is 0 Å². The molecular weight excluding hydrogens is 246 g/mol. The molecule has 1 atom stereocenters. The van der Waals surface area contributed by atoms with Gasteiger partial charge in [0.05, 0.1) is 5.69 Å². The lowest BCUT2D eigenvalue weighted by atomic mass is 9.83. The molecule has 20 heavy (non-hydrogen) atoms. The van der Waals surface area contributed by atoms with Gasteiger partial charge in [0.2, 0.25) is 0 Å². The second kappa shape index (κ2) is 5.71. The van der Waals surface area contributed by atoms with Crippen molar-refractivity contribution in [1.82, 2.24) is 15.3 Å². The Balaban J connectivity index is 1.87. The summed E-state index contributed by atoms with van der Waals surface area (Å²) in [6.45, 7) is 2.86. The van der Waals surface area contributed by atoms with Crippen molar-refractivity contribution in [3.8, 4) is 0 Å². The fraction of sp³-hybridized carbons (Fsp3) is 0.412. The Hall–Kier alpha value is -1.74. The molecule has 3 rings (SSSR count). The van der Waals surface area contributed by atoms with Crippen LogP contribution in [0.1, 0.15) is 40.7 Å². The highest BCUT2D eigenvalue weighted by Crippen LogP contribution is 2.31. The van der Waals surface area contributed by atoms with Crippen molar-refractivity contribution in [2.75, 3.05) is 7.05 Å². The zero-order valence-corrected chi connectivity index (χ0v) is 12.2. The second-order valence-corrected chi connectivity index (χ2v) is 5.60. The van der Waals surface area contributed by atoms with Crippen molar-refractivity contribution in [2.24, 2.45) is 0 Å². The van der Waals surface area contributed by atoms with E-state index in [1.807, 2.05) is 7.05 Å². The Labute approximate surface area is 120 Å². The summed E-state index contributed by atoms with van der Waals surface area (Å²) >= 11 is 0. The summed E-state index contributed by atoms with van der Waals surface area (Å²) in [5.41, 5.74) is 5.11. The zero-order chi connectivity index (χ0) is 13.9. The van der Waals surface area contributed by atoms with E-state index in [-0.39, 0.29) is 0 Å². The number of fused-ring (bicyclic) bond motifs is 1. The molecule has 0 bridgehead atoms. The fourth-order valence-corrected chi connectivity index (χ4v) is 3.03. The lowest BCUT2D eigenvalue weighted by Crippen LogP contribution is -2.17. The second-order valence-electron chi connectivity index (χ2n) is 5.60. The highest BCUT2D eigenvalue weighted by atomic mass is 14.9. The summed E-state index contributed by atoms with van der Waals surface area (Å²) in [6.07, 6.45) is 3.36. The molecule has 0 spiro atoms. The van der Waals surface area contributed by atoms with Crippen molar-refractivity contribution in [2.45, 2.75) is 38.6 Å². The van der Waals surface area contributed by atoms with Gasteiger partial charge in [-0.05, 0) is 50.4 Å². The van der Waals surface area contributed by atoms with Gasteiger partial charge in [-0.1, -0.05) is 24.3 Å². The molecule has 0 fully saturated rings. The Kier molecular flexibility index (Phi) is 3.79. The highest BCUT2D eigenvalue weighted by Gasteiger charge is 2.22. The molecule has 1 aliphatic rings. The summed E-state index contributed by atoms with van der Waals surface area (Å²) < 4.78 is 0. The van der Waals surface area contributed by atoms with Gasteiger partial charge < -0.3 is 5.32 Å².